The third kappa shape index (κ3) is 4.07. The van der Waals surface area contributed by atoms with Crippen LogP contribution in [0.1, 0.15) is 48.2 Å². The van der Waals surface area contributed by atoms with Gasteiger partial charge >= 0.3 is 0 Å². The van der Waals surface area contributed by atoms with Gasteiger partial charge in [0.25, 0.3) is 5.91 Å². The lowest BCUT2D eigenvalue weighted by atomic mass is 10.1. The Hall–Kier alpha value is -0.980. The molecule has 96 valence electrons. The fourth-order valence-corrected chi connectivity index (χ4v) is 2.15. The zero-order valence-corrected chi connectivity index (χ0v) is 11.0. The Balaban J connectivity index is 2.62. The summed E-state index contributed by atoms with van der Waals surface area (Å²) in [6.45, 7) is 3.87. The first-order valence-corrected chi connectivity index (χ1v) is 6.59. The Morgan fingerprint density at radius 2 is 2.41 bits per heavy atom. The van der Waals surface area contributed by atoms with Crippen LogP contribution in [-0.4, -0.2) is 28.6 Å². The first kappa shape index (κ1) is 14.1. The second-order valence-corrected chi connectivity index (χ2v) is 4.84. The fourth-order valence-electron chi connectivity index (χ4n) is 1.39. The maximum absolute atomic E-state index is 11.8. The summed E-state index contributed by atoms with van der Waals surface area (Å²) < 4.78 is 0. The van der Waals surface area contributed by atoms with Gasteiger partial charge in [-0.2, -0.15) is 0 Å². The summed E-state index contributed by atoms with van der Waals surface area (Å²) in [5.41, 5.74) is 6.09. The summed E-state index contributed by atoms with van der Waals surface area (Å²) in [5, 5.41) is 14.2. The third-order valence-electron chi connectivity index (χ3n) is 2.45. The molecule has 17 heavy (non-hydrogen) atoms. The van der Waals surface area contributed by atoms with E-state index in [1.165, 1.54) is 11.3 Å². The first-order valence-electron chi connectivity index (χ1n) is 5.71. The number of amides is 1. The van der Waals surface area contributed by atoms with E-state index in [1.54, 1.807) is 5.38 Å². The molecular weight excluding hydrogens is 238 g/mol. The number of hydrogen-bond donors (Lipinski definition) is 3. The predicted molar refractivity (Wildman–Crippen MR) is 68.0 cm³/mol. The number of rotatable bonds is 6. The van der Waals surface area contributed by atoms with Gasteiger partial charge in [0.15, 0.2) is 0 Å². The Bertz CT molecular complexity index is 365. The Morgan fingerprint density at radius 1 is 1.71 bits per heavy atom. The summed E-state index contributed by atoms with van der Waals surface area (Å²) >= 11 is 1.39. The number of carbonyl (C=O) groups excluding carboxylic acids is 1. The molecule has 0 spiro atoms. The van der Waals surface area contributed by atoms with Crippen LogP contribution in [0.4, 0.5) is 0 Å². The van der Waals surface area contributed by atoms with Gasteiger partial charge in [0.05, 0.1) is 6.04 Å². The van der Waals surface area contributed by atoms with Gasteiger partial charge in [-0.05, 0) is 19.8 Å². The molecule has 0 bridgehead atoms. The third-order valence-corrected chi connectivity index (χ3v) is 3.50. The highest BCUT2D eigenvalue weighted by atomic mass is 32.1. The van der Waals surface area contributed by atoms with E-state index in [2.05, 4.69) is 10.3 Å². The molecule has 1 rings (SSSR count). The van der Waals surface area contributed by atoms with Crippen LogP contribution >= 0.6 is 11.3 Å². The zero-order chi connectivity index (χ0) is 12.8. The number of aromatic nitrogens is 1. The van der Waals surface area contributed by atoms with Crippen LogP contribution in [0.25, 0.3) is 0 Å². The molecule has 6 heteroatoms. The summed E-state index contributed by atoms with van der Waals surface area (Å²) in [5.74, 6) is -0.201. The average Bonchev–Trinajstić information content (AvgIpc) is 2.77. The summed E-state index contributed by atoms with van der Waals surface area (Å²) in [6, 6.07) is -0.158. The Labute approximate surface area is 105 Å². The molecule has 0 fully saturated rings. The number of nitrogens with one attached hydrogen (secondary N) is 1. The predicted octanol–water partition coefficient (Wildman–Crippen LogP) is 1.05. The minimum atomic E-state index is -0.201. The molecule has 0 saturated heterocycles. The molecule has 0 radical (unpaired) electrons. The highest BCUT2D eigenvalue weighted by molar-refractivity contribution is 7.09. The summed E-state index contributed by atoms with van der Waals surface area (Å²) in [7, 11) is 0. The lowest BCUT2D eigenvalue weighted by molar-refractivity contribution is 0.0924. The number of nitrogens with two attached hydrogens (primary N) is 1. The van der Waals surface area contributed by atoms with Gasteiger partial charge < -0.3 is 16.2 Å². The number of aliphatic hydroxyl groups is 1. The van der Waals surface area contributed by atoms with Gasteiger partial charge in [0.1, 0.15) is 10.7 Å². The van der Waals surface area contributed by atoms with Crippen molar-refractivity contribution in [2.75, 3.05) is 6.61 Å². The van der Waals surface area contributed by atoms with E-state index >= 15 is 0 Å². The highest BCUT2D eigenvalue weighted by Gasteiger charge is 2.15. The molecule has 0 saturated carbocycles. The van der Waals surface area contributed by atoms with Crippen molar-refractivity contribution in [2.24, 2.45) is 5.73 Å². The van der Waals surface area contributed by atoms with Crippen molar-refractivity contribution in [2.45, 2.75) is 38.8 Å². The molecule has 2 unspecified atom stereocenters. The van der Waals surface area contributed by atoms with E-state index in [4.69, 9.17) is 10.8 Å². The monoisotopic (exact) mass is 257 g/mol. The Kier molecular flexibility index (Phi) is 5.54. The van der Waals surface area contributed by atoms with Crippen LogP contribution < -0.4 is 11.1 Å². The molecule has 0 aromatic carbocycles. The van der Waals surface area contributed by atoms with E-state index in [0.717, 1.165) is 11.4 Å². The molecule has 0 aliphatic carbocycles. The van der Waals surface area contributed by atoms with E-state index < -0.39 is 0 Å². The van der Waals surface area contributed by atoms with Crippen LogP contribution in [0.3, 0.4) is 0 Å². The number of thiazole rings is 1. The van der Waals surface area contributed by atoms with Crippen LogP contribution in [0.5, 0.6) is 0 Å². The molecule has 4 N–H and O–H groups in total. The standard InChI is InChI=1S/C11H19N3O2S/c1-3-8(4-5-15)13-10(16)9-6-17-11(14-9)7(2)12/h6-8,15H,3-5,12H2,1-2H3,(H,13,16). The van der Waals surface area contributed by atoms with Gasteiger partial charge in [-0.25, -0.2) is 4.98 Å². The van der Waals surface area contributed by atoms with Gasteiger partial charge in [-0.15, -0.1) is 11.3 Å². The maximum atomic E-state index is 11.8. The quantitative estimate of drug-likeness (QED) is 0.711. The Morgan fingerprint density at radius 3 is 2.88 bits per heavy atom. The number of aliphatic hydroxyl groups excluding tert-OH is 1. The smallest absolute Gasteiger partial charge is 0.270 e. The molecule has 1 aromatic heterocycles. The number of hydrogen-bond acceptors (Lipinski definition) is 5. The topological polar surface area (TPSA) is 88.2 Å². The van der Waals surface area contributed by atoms with E-state index in [0.29, 0.717) is 12.1 Å². The minimum absolute atomic E-state index is 0.00653. The molecule has 1 amide bonds. The van der Waals surface area contributed by atoms with Crippen molar-refractivity contribution in [1.29, 1.82) is 0 Å². The van der Waals surface area contributed by atoms with Gasteiger partial charge in [0, 0.05) is 18.0 Å². The normalized spacial score (nSPS) is 14.4. The molecule has 1 aromatic rings. The first-order chi connectivity index (χ1) is 8.08. The van der Waals surface area contributed by atoms with Crippen molar-refractivity contribution in [3.63, 3.8) is 0 Å². The summed E-state index contributed by atoms with van der Waals surface area (Å²) in [4.78, 5) is 16.0. The SMILES string of the molecule is CCC(CCO)NC(=O)c1csc(C(C)N)n1. The van der Waals surface area contributed by atoms with E-state index in [9.17, 15) is 4.79 Å². The van der Waals surface area contributed by atoms with Crippen LogP contribution in [-0.2, 0) is 0 Å². The van der Waals surface area contributed by atoms with Gasteiger partial charge in [-0.3, -0.25) is 4.79 Å². The van der Waals surface area contributed by atoms with Crippen LogP contribution in [0, 0.1) is 0 Å². The maximum Gasteiger partial charge on any atom is 0.270 e. The highest BCUT2D eigenvalue weighted by Crippen LogP contribution is 2.15. The van der Waals surface area contributed by atoms with Crippen LogP contribution in [0.2, 0.25) is 0 Å². The molecule has 0 aliphatic rings. The summed E-state index contributed by atoms with van der Waals surface area (Å²) in [6.07, 6.45) is 1.35. The molecule has 1 heterocycles. The largest absolute Gasteiger partial charge is 0.396 e. The average molecular weight is 257 g/mol. The van der Waals surface area contributed by atoms with E-state index in [-0.39, 0.29) is 24.6 Å². The van der Waals surface area contributed by atoms with E-state index in [1.807, 2.05) is 13.8 Å². The lowest BCUT2D eigenvalue weighted by Gasteiger charge is -2.14. The van der Waals surface area contributed by atoms with Gasteiger partial charge in [0.2, 0.25) is 0 Å². The molecule has 0 aliphatic heterocycles. The number of carbonyl (C=O) groups is 1. The second-order valence-electron chi connectivity index (χ2n) is 3.95. The van der Waals surface area contributed by atoms with Crippen molar-refractivity contribution in [3.05, 3.63) is 16.1 Å². The lowest BCUT2D eigenvalue weighted by Crippen LogP contribution is -2.35. The molecular formula is C11H19N3O2S. The number of nitrogens with zero attached hydrogens (tertiary/aromatic N) is 1. The fraction of sp³-hybridized carbons (Fsp3) is 0.636. The van der Waals surface area contributed by atoms with Crippen molar-refractivity contribution >= 4 is 17.2 Å². The van der Waals surface area contributed by atoms with Gasteiger partial charge in [-0.1, -0.05) is 6.92 Å². The zero-order valence-electron chi connectivity index (χ0n) is 10.1. The molecule has 5 nitrogen and oxygen atoms in total. The van der Waals surface area contributed by atoms with Crippen molar-refractivity contribution in [1.82, 2.24) is 10.3 Å². The molecule has 2 atom stereocenters. The van der Waals surface area contributed by atoms with Crippen LogP contribution in [0.15, 0.2) is 5.38 Å². The second kappa shape index (κ2) is 6.68. The van der Waals surface area contributed by atoms with Crippen molar-refractivity contribution < 1.29 is 9.90 Å². The minimum Gasteiger partial charge on any atom is -0.396 e. The van der Waals surface area contributed by atoms with Crippen molar-refractivity contribution in [3.8, 4) is 0 Å².